The topological polar surface area (TPSA) is 76.6 Å². The van der Waals surface area contributed by atoms with Crippen molar-refractivity contribution in [2.75, 3.05) is 5.32 Å². The van der Waals surface area contributed by atoms with Crippen LogP contribution in [0.2, 0.25) is 0 Å². The lowest BCUT2D eigenvalue weighted by Crippen LogP contribution is -2.13. The molecule has 0 unspecified atom stereocenters. The fourth-order valence-corrected chi connectivity index (χ4v) is 3.12. The van der Waals surface area contributed by atoms with Crippen LogP contribution in [0.4, 0.5) is 5.69 Å². The minimum atomic E-state index is -0.422. The summed E-state index contributed by atoms with van der Waals surface area (Å²) in [5.74, 6) is -0.344. The first-order valence-electron chi connectivity index (χ1n) is 6.54. The van der Waals surface area contributed by atoms with Crippen LogP contribution in [0.5, 0.6) is 0 Å². The fourth-order valence-electron chi connectivity index (χ4n) is 2.06. The van der Waals surface area contributed by atoms with Crippen molar-refractivity contribution in [3.63, 3.8) is 0 Å². The van der Waals surface area contributed by atoms with Gasteiger partial charge in [0.25, 0.3) is 0 Å². The van der Waals surface area contributed by atoms with Crippen molar-refractivity contribution < 1.29 is 14.0 Å². The van der Waals surface area contributed by atoms with Gasteiger partial charge in [0.2, 0.25) is 5.91 Å². The number of carbonyl (C=O) groups is 2. The Morgan fingerprint density at radius 3 is 2.82 bits per heavy atom. The molecule has 0 atom stereocenters. The molecular formula is C15H13N3O3S. The summed E-state index contributed by atoms with van der Waals surface area (Å²) in [6, 6.07) is 8.78. The van der Waals surface area contributed by atoms with Crippen molar-refractivity contribution >= 4 is 39.1 Å². The number of rotatable bonds is 2. The maximum absolute atomic E-state index is 12.0. The Kier molecular flexibility index (Phi) is 3.64. The van der Waals surface area contributed by atoms with Crippen molar-refractivity contribution in [3.05, 3.63) is 47.2 Å². The normalized spacial score (nSPS) is 11.8. The lowest BCUT2D eigenvalue weighted by molar-refractivity contribution is -0.114. The van der Waals surface area contributed by atoms with Gasteiger partial charge in [-0.1, -0.05) is 11.3 Å². The first kappa shape index (κ1) is 14.3. The third kappa shape index (κ3) is 2.71. The quantitative estimate of drug-likeness (QED) is 0.789. The van der Waals surface area contributed by atoms with E-state index in [0.717, 1.165) is 10.2 Å². The van der Waals surface area contributed by atoms with Gasteiger partial charge in [-0.15, -0.1) is 0 Å². The highest BCUT2D eigenvalue weighted by Crippen LogP contribution is 2.21. The predicted molar refractivity (Wildman–Crippen MR) is 83.7 cm³/mol. The molecule has 0 radical (unpaired) electrons. The molecule has 3 rings (SSSR count). The van der Waals surface area contributed by atoms with Crippen molar-refractivity contribution in [3.8, 4) is 0 Å². The first-order chi connectivity index (χ1) is 10.5. The number of aryl methyl sites for hydroxylation is 1. The van der Waals surface area contributed by atoms with E-state index in [0.29, 0.717) is 10.5 Å². The van der Waals surface area contributed by atoms with Crippen molar-refractivity contribution in [2.24, 2.45) is 12.0 Å². The molecule has 1 aromatic carbocycles. The van der Waals surface area contributed by atoms with E-state index in [4.69, 9.17) is 4.42 Å². The summed E-state index contributed by atoms with van der Waals surface area (Å²) in [4.78, 5) is 27.8. The lowest BCUT2D eigenvalue weighted by atomic mass is 10.3. The largest absolute Gasteiger partial charge is 0.459 e. The van der Waals surface area contributed by atoms with E-state index >= 15 is 0 Å². The van der Waals surface area contributed by atoms with Gasteiger partial charge >= 0.3 is 5.91 Å². The number of nitrogens with zero attached hydrogens (tertiary/aromatic N) is 2. The molecule has 0 bridgehead atoms. The highest BCUT2D eigenvalue weighted by atomic mass is 32.1. The number of anilines is 1. The van der Waals surface area contributed by atoms with E-state index in [9.17, 15) is 9.59 Å². The zero-order chi connectivity index (χ0) is 15.7. The molecule has 0 spiro atoms. The number of thiazole rings is 1. The van der Waals surface area contributed by atoms with Crippen LogP contribution >= 0.6 is 11.3 Å². The molecule has 0 aliphatic rings. The number of hydrogen-bond acceptors (Lipinski definition) is 4. The van der Waals surface area contributed by atoms with Crippen LogP contribution in [0.15, 0.2) is 46.0 Å². The second-order valence-corrected chi connectivity index (χ2v) is 5.71. The van der Waals surface area contributed by atoms with Gasteiger partial charge in [-0.3, -0.25) is 9.59 Å². The van der Waals surface area contributed by atoms with Crippen LogP contribution in [0.25, 0.3) is 10.2 Å². The van der Waals surface area contributed by atoms with E-state index in [1.54, 1.807) is 12.1 Å². The standard InChI is InChI=1S/C15H13N3O3S/c1-9(19)16-10-5-6-11-13(8-10)22-15(18(11)2)17-14(20)12-4-3-7-21-12/h3-8H,1-2H3,(H,16,19). The molecule has 2 amide bonds. The van der Waals surface area contributed by atoms with E-state index in [1.165, 1.54) is 24.5 Å². The van der Waals surface area contributed by atoms with Gasteiger partial charge in [0.15, 0.2) is 10.6 Å². The van der Waals surface area contributed by atoms with Crippen LogP contribution in [-0.4, -0.2) is 16.4 Å². The number of aromatic nitrogens is 1. The summed E-state index contributed by atoms with van der Waals surface area (Å²) in [7, 11) is 1.84. The van der Waals surface area contributed by atoms with E-state index in [-0.39, 0.29) is 11.7 Å². The smallest absolute Gasteiger partial charge is 0.315 e. The van der Waals surface area contributed by atoms with Gasteiger partial charge in [-0.25, -0.2) is 0 Å². The molecule has 0 fully saturated rings. The summed E-state index contributed by atoms with van der Waals surface area (Å²) in [6.45, 7) is 1.46. The molecule has 3 aromatic rings. The predicted octanol–water partition coefficient (Wildman–Crippen LogP) is 2.53. The van der Waals surface area contributed by atoms with E-state index < -0.39 is 5.91 Å². The van der Waals surface area contributed by atoms with Gasteiger partial charge < -0.3 is 14.3 Å². The Balaban J connectivity index is 2.05. The first-order valence-corrected chi connectivity index (χ1v) is 7.36. The fraction of sp³-hybridized carbons (Fsp3) is 0.133. The van der Waals surface area contributed by atoms with Crippen molar-refractivity contribution in [1.82, 2.24) is 4.57 Å². The number of nitrogens with one attached hydrogen (secondary N) is 1. The van der Waals surface area contributed by atoms with Crippen LogP contribution in [-0.2, 0) is 11.8 Å². The highest BCUT2D eigenvalue weighted by molar-refractivity contribution is 7.16. The number of hydrogen-bond donors (Lipinski definition) is 1. The molecule has 6 nitrogen and oxygen atoms in total. The highest BCUT2D eigenvalue weighted by Gasteiger charge is 2.09. The van der Waals surface area contributed by atoms with Gasteiger partial charge in [0.1, 0.15) is 0 Å². The van der Waals surface area contributed by atoms with E-state index in [2.05, 4.69) is 10.3 Å². The number of benzene rings is 1. The Labute approximate surface area is 129 Å². The summed E-state index contributed by atoms with van der Waals surface area (Å²) in [5.41, 5.74) is 1.65. The Morgan fingerprint density at radius 2 is 2.14 bits per heavy atom. The second kappa shape index (κ2) is 5.61. The average molecular weight is 315 g/mol. The minimum absolute atomic E-state index is 0.127. The second-order valence-electron chi connectivity index (χ2n) is 4.70. The molecule has 112 valence electrons. The maximum Gasteiger partial charge on any atom is 0.315 e. The Bertz CT molecular complexity index is 919. The zero-order valence-corrected chi connectivity index (χ0v) is 12.8. The summed E-state index contributed by atoms with van der Waals surface area (Å²) in [5, 5.41) is 2.73. The van der Waals surface area contributed by atoms with Crippen molar-refractivity contribution in [2.45, 2.75) is 6.92 Å². The van der Waals surface area contributed by atoms with Crippen LogP contribution in [0.3, 0.4) is 0 Å². The molecule has 1 N–H and O–H groups in total. The minimum Gasteiger partial charge on any atom is -0.459 e. The van der Waals surface area contributed by atoms with Crippen LogP contribution in [0.1, 0.15) is 17.5 Å². The average Bonchev–Trinajstić information content (AvgIpc) is 3.08. The maximum atomic E-state index is 12.0. The van der Waals surface area contributed by atoms with Gasteiger partial charge in [0, 0.05) is 19.7 Å². The summed E-state index contributed by atoms with van der Waals surface area (Å²) < 4.78 is 7.81. The molecule has 0 aliphatic carbocycles. The molecule has 2 heterocycles. The molecule has 7 heteroatoms. The van der Waals surface area contributed by atoms with Gasteiger partial charge in [0.05, 0.1) is 16.5 Å². The summed E-state index contributed by atoms with van der Waals surface area (Å²) >= 11 is 1.37. The van der Waals surface area contributed by atoms with Crippen molar-refractivity contribution in [1.29, 1.82) is 0 Å². The number of fused-ring (bicyclic) bond motifs is 1. The van der Waals surface area contributed by atoms with Gasteiger partial charge in [-0.05, 0) is 30.3 Å². The lowest BCUT2D eigenvalue weighted by Gasteiger charge is -2.01. The Hall–Kier alpha value is -2.67. The number of carbonyl (C=O) groups excluding carboxylic acids is 2. The van der Waals surface area contributed by atoms with Gasteiger partial charge in [-0.2, -0.15) is 4.99 Å². The van der Waals surface area contributed by atoms with Crippen LogP contribution < -0.4 is 10.1 Å². The number of amides is 2. The van der Waals surface area contributed by atoms with E-state index in [1.807, 2.05) is 29.8 Å². The Morgan fingerprint density at radius 1 is 1.32 bits per heavy atom. The summed E-state index contributed by atoms with van der Waals surface area (Å²) in [6.07, 6.45) is 1.44. The molecular weight excluding hydrogens is 302 g/mol. The number of furan rings is 1. The molecule has 0 saturated heterocycles. The molecule has 22 heavy (non-hydrogen) atoms. The third-order valence-electron chi connectivity index (χ3n) is 3.06. The SMILES string of the molecule is CC(=O)Nc1ccc2c(c1)sc(=NC(=O)c1ccco1)n2C. The molecule has 0 aliphatic heterocycles. The monoisotopic (exact) mass is 315 g/mol. The molecule has 2 aromatic heterocycles. The van der Waals surface area contributed by atoms with Crippen LogP contribution in [0, 0.1) is 0 Å². The third-order valence-corrected chi connectivity index (χ3v) is 4.15. The molecule has 0 saturated carbocycles. The zero-order valence-electron chi connectivity index (χ0n) is 12.0.